The molecule has 1 heterocycles. The van der Waals surface area contributed by atoms with E-state index in [4.69, 9.17) is 10.3 Å². The molecule has 1 aliphatic carbocycles. The molecule has 2 amide bonds. The van der Waals surface area contributed by atoms with E-state index in [-0.39, 0.29) is 41.8 Å². The largest absolute Gasteiger partial charge is 0.360 e. The second kappa shape index (κ2) is 9.79. The molecule has 1 saturated carbocycles. The molecule has 4 N–H and O–H groups in total. The monoisotopic (exact) mass is 362 g/mol. The van der Waals surface area contributed by atoms with Crippen molar-refractivity contribution in [1.82, 2.24) is 10.5 Å². The first-order valence-corrected chi connectivity index (χ1v) is 8.54. The highest BCUT2D eigenvalue weighted by molar-refractivity contribution is 8.00. The third kappa shape index (κ3) is 6.40. The smallest absolute Gasteiger partial charge is 0.235 e. The van der Waals surface area contributed by atoms with Crippen molar-refractivity contribution in [2.24, 2.45) is 11.7 Å². The number of thioether (sulfide) groups is 1. The number of amides is 2. The molecule has 1 aromatic rings. The predicted molar refractivity (Wildman–Crippen MR) is 92.8 cm³/mol. The Labute approximate surface area is 145 Å². The number of aromatic nitrogens is 1. The van der Waals surface area contributed by atoms with E-state index in [1.54, 1.807) is 13.0 Å². The Kier molecular flexibility index (Phi) is 8.43. The minimum absolute atomic E-state index is 0. The Bertz CT molecular complexity index is 526. The maximum Gasteiger partial charge on any atom is 0.235 e. The summed E-state index contributed by atoms with van der Waals surface area (Å²) in [5, 5.41) is 9.30. The molecule has 1 fully saturated rings. The van der Waals surface area contributed by atoms with Gasteiger partial charge in [0.1, 0.15) is 5.76 Å². The highest BCUT2D eigenvalue weighted by Gasteiger charge is 2.27. The molecule has 2 rings (SSSR count). The number of hydrogen-bond acceptors (Lipinski definition) is 6. The van der Waals surface area contributed by atoms with Crippen LogP contribution in [0.15, 0.2) is 10.6 Å². The lowest BCUT2D eigenvalue weighted by Crippen LogP contribution is -2.40. The molecule has 2 unspecified atom stereocenters. The van der Waals surface area contributed by atoms with Gasteiger partial charge in [-0.1, -0.05) is 11.6 Å². The summed E-state index contributed by atoms with van der Waals surface area (Å²) in [6.45, 7) is 2.36. The van der Waals surface area contributed by atoms with Gasteiger partial charge in [-0.15, -0.1) is 24.2 Å². The quantitative estimate of drug-likeness (QED) is 0.674. The number of hydrogen-bond donors (Lipinski definition) is 3. The van der Waals surface area contributed by atoms with Crippen molar-refractivity contribution >= 4 is 41.8 Å². The maximum atomic E-state index is 11.9. The number of nitrogens with one attached hydrogen (secondary N) is 2. The molecule has 9 heteroatoms. The Morgan fingerprint density at radius 2 is 2.13 bits per heavy atom. The second-order valence-electron chi connectivity index (χ2n) is 5.46. The summed E-state index contributed by atoms with van der Waals surface area (Å²) in [7, 11) is 0. The van der Waals surface area contributed by atoms with E-state index in [0.717, 1.165) is 19.3 Å². The molecular weight excluding hydrogens is 340 g/mol. The standard InChI is InChI=1S/C14H22N4O3S.ClH/c1-9-5-12(18-21-9)17-14(20)8-22-7-13(19)16-11-4-2-3-10(11)6-15;/h5,10-11H,2-4,6-8,15H2,1H3,(H,16,19)(H,17,18,20);1H. The lowest BCUT2D eigenvalue weighted by Gasteiger charge is -2.19. The Morgan fingerprint density at radius 3 is 2.78 bits per heavy atom. The average molecular weight is 363 g/mol. The molecule has 1 aromatic heterocycles. The van der Waals surface area contributed by atoms with Crippen molar-refractivity contribution in [2.45, 2.75) is 32.2 Å². The lowest BCUT2D eigenvalue weighted by molar-refractivity contribution is -0.119. The van der Waals surface area contributed by atoms with E-state index in [1.165, 1.54) is 11.8 Å². The van der Waals surface area contributed by atoms with Crippen molar-refractivity contribution in [3.05, 3.63) is 11.8 Å². The Balaban J connectivity index is 0.00000264. The molecule has 0 spiro atoms. The van der Waals surface area contributed by atoms with Crippen molar-refractivity contribution in [3.63, 3.8) is 0 Å². The van der Waals surface area contributed by atoms with Crippen LogP contribution in [-0.4, -0.2) is 41.1 Å². The zero-order valence-electron chi connectivity index (χ0n) is 13.0. The fourth-order valence-electron chi connectivity index (χ4n) is 2.60. The van der Waals surface area contributed by atoms with Gasteiger partial charge in [0.25, 0.3) is 0 Å². The Hall–Kier alpha value is -1.25. The fourth-order valence-corrected chi connectivity index (χ4v) is 3.23. The van der Waals surface area contributed by atoms with Gasteiger partial charge in [-0.25, -0.2) is 0 Å². The van der Waals surface area contributed by atoms with Crippen LogP contribution >= 0.6 is 24.2 Å². The van der Waals surface area contributed by atoms with Crippen molar-refractivity contribution in [3.8, 4) is 0 Å². The number of halogens is 1. The summed E-state index contributed by atoms with van der Waals surface area (Å²) in [6.07, 6.45) is 3.18. The topological polar surface area (TPSA) is 110 Å². The van der Waals surface area contributed by atoms with Crippen molar-refractivity contribution < 1.29 is 14.1 Å². The SMILES string of the molecule is Cc1cc(NC(=O)CSCC(=O)NC2CCCC2CN)no1.Cl. The maximum absolute atomic E-state index is 11.9. The molecule has 0 saturated heterocycles. The lowest BCUT2D eigenvalue weighted by atomic mass is 10.0. The van der Waals surface area contributed by atoms with Gasteiger partial charge in [0.2, 0.25) is 11.8 Å². The number of aryl methyl sites for hydroxylation is 1. The predicted octanol–water partition coefficient (Wildman–Crippen LogP) is 1.32. The van der Waals surface area contributed by atoms with E-state index in [1.807, 2.05) is 0 Å². The van der Waals surface area contributed by atoms with Gasteiger partial charge in [0, 0.05) is 12.1 Å². The fraction of sp³-hybridized carbons (Fsp3) is 0.643. The summed E-state index contributed by atoms with van der Waals surface area (Å²) >= 11 is 1.27. The molecule has 0 radical (unpaired) electrons. The van der Waals surface area contributed by atoms with Crippen LogP contribution in [0.25, 0.3) is 0 Å². The average Bonchev–Trinajstić information content (AvgIpc) is 3.07. The highest BCUT2D eigenvalue weighted by atomic mass is 35.5. The molecular formula is C14H23ClN4O3S. The number of nitrogens with two attached hydrogens (primary N) is 1. The number of carbonyl (C=O) groups is 2. The van der Waals surface area contributed by atoms with E-state index in [0.29, 0.717) is 24.0 Å². The van der Waals surface area contributed by atoms with Gasteiger partial charge in [-0.3, -0.25) is 9.59 Å². The number of nitrogens with zero attached hydrogens (tertiary/aromatic N) is 1. The first-order chi connectivity index (χ1) is 10.6. The van der Waals surface area contributed by atoms with Crippen LogP contribution < -0.4 is 16.4 Å². The normalized spacial score (nSPS) is 19.9. The van der Waals surface area contributed by atoms with Crippen LogP contribution in [0.4, 0.5) is 5.82 Å². The van der Waals surface area contributed by atoms with Crippen LogP contribution in [-0.2, 0) is 9.59 Å². The molecule has 0 aromatic carbocycles. The molecule has 23 heavy (non-hydrogen) atoms. The minimum Gasteiger partial charge on any atom is -0.360 e. The van der Waals surface area contributed by atoms with Crippen LogP contribution in [0.1, 0.15) is 25.0 Å². The molecule has 1 aliphatic rings. The van der Waals surface area contributed by atoms with Crippen LogP contribution in [0.2, 0.25) is 0 Å². The van der Waals surface area contributed by atoms with Gasteiger partial charge < -0.3 is 20.9 Å². The van der Waals surface area contributed by atoms with Gasteiger partial charge in [0.15, 0.2) is 5.82 Å². The summed E-state index contributed by atoms with van der Waals surface area (Å²) in [5.74, 6) is 1.63. The number of anilines is 1. The zero-order chi connectivity index (χ0) is 15.9. The minimum atomic E-state index is -0.202. The van der Waals surface area contributed by atoms with Gasteiger partial charge in [-0.05, 0) is 32.2 Å². The van der Waals surface area contributed by atoms with Gasteiger partial charge in [-0.2, -0.15) is 0 Å². The van der Waals surface area contributed by atoms with E-state index in [2.05, 4.69) is 15.8 Å². The third-order valence-electron chi connectivity index (χ3n) is 3.67. The van der Waals surface area contributed by atoms with Crippen LogP contribution in [0.3, 0.4) is 0 Å². The number of rotatable bonds is 7. The second-order valence-corrected chi connectivity index (χ2v) is 6.45. The Morgan fingerprint density at radius 1 is 1.39 bits per heavy atom. The van der Waals surface area contributed by atoms with Gasteiger partial charge in [0.05, 0.1) is 11.5 Å². The summed E-state index contributed by atoms with van der Waals surface area (Å²) in [6, 6.07) is 1.83. The summed E-state index contributed by atoms with van der Waals surface area (Å²) < 4.78 is 4.86. The highest BCUT2D eigenvalue weighted by Crippen LogP contribution is 2.24. The molecule has 0 bridgehead atoms. The van der Waals surface area contributed by atoms with Crippen molar-refractivity contribution in [2.75, 3.05) is 23.4 Å². The van der Waals surface area contributed by atoms with Crippen LogP contribution in [0, 0.1) is 12.8 Å². The van der Waals surface area contributed by atoms with E-state index in [9.17, 15) is 9.59 Å². The summed E-state index contributed by atoms with van der Waals surface area (Å²) in [4.78, 5) is 23.6. The first kappa shape index (κ1) is 19.8. The zero-order valence-corrected chi connectivity index (χ0v) is 14.7. The van der Waals surface area contributed by atoms with Gasteiger partial charge >= 0.3 is 0 Å². The first-order valence-electron chi connectivity index (χ1n) is 7.39. The molecule has 130 valence electrons. The number of carbonyl (C=O) groups excluding carboxylic acids is 2. The molecule has 0 aliphatic heterocycles. The van der Waals surface area contributed by atoms with Crippen LogP contribution in [0.5, 0.6) is 0 Å². The van der Waals surface area contributed by atoms with Crippen molar-refractivity contribution in [1.29, 1.82) is 0 Å². The van der Waals surface area contributed by atoms with E-state index >= 15 is 0 Å². The molecule has 2 atom stereocenters. The van der Waals surface area contributed by atoms with E-state index < -0.39 is 0 Å². The molecule has 7 nitrogen and oxygen atoms in total. The summed E-state index contributed by atoms with van der Waals surface area (Å²) in [5.41, 5.74) is 5.69. The third-order valence-corrected chi connectivity index (χ3v) is 4.60.